The maximum Gasteiger partial charge on any atom is 0.433 e. The Balaban J connectivity index is 1.65. The summed E-state index contributed by atoms with van der Waals surface area (Å²) in [5, 5.41) is 5.50. The summed E-state index contributed by atoms with van der Waals surface area (Å²) in [6, 6.07) is 12.3. The van der Waals surface area contributed by atoms with Gasteiger partial charge in [0.05, 0.1) is 6.04 Å². The number of benzene rings is 2. The predicted octanol–water partition coefficient (Wildman–Crippen LogP) is 5.06. The van der Waals surface area contributed by atoms with E-state index in [0.717, 1.165) is 17.8 Å². The van der Waals surface area contributed by atoms with E-state index in [1.807, 2.05) is 0 Å². The van der Waals surface area contributed by atoms with Crippen molar-refractivity contribution in [1.82, 2.24) is 9.97 Å². The lowest BCUT2D eigenvalue weighted by Crippen LogP contribution is -2.14. The van der Waals surface area contributed by atoms with Crippen LogP contribution in [0.15, 0.2) is 60.8 Å². The number of nitrogens with one attached hydrogen (secondary N) is 2. The number of rotatable bonds is 5. The molecule has 1 atom stereocenters. The van der Waals surface area contributed by atoms with Gasteiger partial charge in [0.15, 0.2) is 0 Å². The molecule has 9 heteroatoms. The van der Waals surface area contributed by atoms with Crippen molar-refractivity contribution in [2.24, 2.45) is 0 Å². The van der Waals surface area contributed by atoms with Crippen LogP contribution in [0.25, 0.3) is 0 Å². The average Bonchev–Trinajstić information content (AvgIpc) is 2.68. The molecule has 5 nitrogen and oxygen atoms in total. The van der Waals surface area contributed by atoms with E-state index in [1.165, 1.54) is 24.3 Å². The van der Waals surface area contributed by atoms with Crippen LogP contribution in [-0.2, 0) is 6.18 Å². The molecule has 0 aliphatic carbocycles. The van der Waals surface area contributed by atoms with Crippen molar-refractivity contribution in [3.8, 4) is 0 Å². The second-order valence-electron chi connectivity index (χ2n) is 6.21. The van der Waals surface area contributed by atoms with Gasteiger partial charge in [-0.05, 0) is 55.0 Å². The normalized spacial score (nSPS) is 12.3. The van der Waals surface area contributed by atoms with E-state index in [4.69, 9.17) is 0 Å². The molecule has 1 aromatic heterocycles. The fourth-order valence-electron chi connectivity index (χ4n) is 2.52. The first-order valence-corrected chi connectivity index (χ1v) is 8.56. The molecule has 1 heterocycles. The number of alkyl halides is 3. The van der Waals surface area contributed by atoms with Crippen molar-refractivity contribution in [1.29, 1.82) is 0 Å². The third-order valence-electron chi connectivity index (χ3n) is 4.07. The van der Waals surface area contributed by atoms with E-state index >= 15 is 0 Å². The smallest absolute Gasteiger partial charge is 0.348 e. The molecule has 1 unspecified atom stereocenters. The molecule has 0 aliphatic rings. The molecular formula is C20H16F4N4O. The summed E-state index contributed by atoms with van der Waals surface area (Å²) in [6.07, 6.45) is -3.51. The molecule has 150 valence electrons. The SMILES string of the molecule is CC(Nc1nccc(C(F)(F)F)n1)c1ccc(NC(=O)c2ccc(F)cc2)cc1. The zero-order chi connectivity index (χ0) is 21.0. The number of hydrogen-bond acceptors (Lipinski definition) is 4. The Labute approximate surface area is 163 Å². The summed E-state index contributed by atoms with van der Waals surface area (Å²) < 4.78 is 51.2. The summed E-state index contributed by atoms with van der Waals surface area (Å²) in [7, 11) is 0. The van der Waals surface area contributed by atoms with Crippen LogP contribution in [0.1, 0.15) is 34.6 Å². The van der Waals surface area contributed by atoms with Gasteiger partial charge < -0.3 is 10.6 Å². The van der Waals surface area contributed by atoms with Crippen LogP contribution in [0.4, 0.5) is 29.2 Å². The first kappa shape index (κ1) is 20.2. The van der Waals surface area contributed by atoms with E-state index < -0.39 is 17.7 Å². The fourth-order valence-corrected chi connectivity index (χ4v) is 2.52. The summed E-state index contributed by atoms with van der Waals surface area (Å²) in [5.41, 5.74) is 0.560. The van der Waals surface area contributed by atoms with Gasteiger partial charge in [0, 0.05) is 17.4 Å². The molecule has 0 spiro atoms. The molecular weight excluding hydrogens is 388 g/mol. The zero-order valence-electron chi connectivity index (χ0n) is 15.2. The molecule has 29 heavy (non-hydrogen) atoms. The molecule has 0 bridgehead atoms. The minimum atomic E-state index is -4.55. The molecule has 0 saturated heterocycles. The van der Waals surface area contributed by atoms with E-state index in [0.29, 0.717) is 11.3 Å². The van der Waals surface area contributed by atoms with Gasteiger partial charge in [-0.15, -0.1) is 0 Å². The molecule has 0 aliphatic heterocycles. The topological polar surface area (TPSA) is 66.9 Å². The van der Waals surface area contributed by atoms with E-state index in [1.54, 1.807) is 31.2 Å². The highest BCUT2D eigenvalue weighted by atomic mass is 19.4. The monoisotopic (exact) mass is 404 g/mol. The quantitative estimate of drug-likeness (QED) is 0.584. The lowest BCUT2D eigenvalue weighted by Gasteiger charge is -2.16. The van der Waals surface area contributed by atoms with Gasteiger partial charge in [-0.25, -0.2) is 14.4 Å². The number of amides is 1. The van der Waals surface area contributed by atoms with Crippen LogP contribution in [0, 0.1) is 5.82 Å². The lowest BCUT2D eigenvalue weighted by molar-refractivity contribution is -0.141. The maximum atomic E-state index is 12.9. The second kappa shape index (κ2) is 8.26. The Hall–Kier alpha value is -3.49. The Kier molecular flexibility index (Phi) is 5.76. The number of hydrogen-bond donors (Lipinski definition) is 2. The van der Waals surface area contributed by atoms with Crippen LogP contribution in [0.5, 0.6) is 0 Å². The van der Waals surface area contributed by atoms with Crippen molar-refractivity contribution in [2.75, 3.05) is 10.6 Å². The fraction of sp³-hybridized carbons (Fsp3) is 0.150. The first-order chi connectivity index (χ1) is 13.7. The Bertz CT molecular complexity index is 989. The molecule has 3 rings (SSSR count). The number of aromatic nitrogens is 2. The van der Waals surface area contributed by atoms with Crippen molar-refractivity contribution < 1.29 is 22.4 Å². The third kappa shape index (κ3) is 5.28. The predicted molar refractivity (Wildman–Crippen MR) is 99.9 cm³/mol. The highest BCUT2D eigenvalue weighted by molar-refractivity contribution is 6.04. The van der Waals surface area contributed by atoms with Crippen molar-refractivity contribution in [3.05, 3.63) is 83.4 Å². The third-order valence-corrected chi connectivity index (χ3v) is 4.07. The highest BCUT2D eigenvalue weighted by Gasteiger charge is 2.32. The Morgan fingerprint density at radius 3 is 2.28 bits per heavy atom. The molecule has 3 aromatic rings. The van der Waals surface area contributed by atoms with E-state index in [2.05, 4.69) is 20.6 Å². The summed E-state index contributed by atoms with van der Waals surface area (Å²) in [4.78, 5) is 19.4. The molecule has 0 fully saturated rings. The molecule has 2 aromatic carbocycles. The number of nitrogens with zero attached hydrogens (tertiary/aromatic N) is 2. The standard InChI is InChI=1S/C20H16F4N4O/c1-12(26-19-25-11-10-17(28-19)20(22,23)24)13-4-8-16(9-5-13)27-18(29)14-2-6-15(21)7-3-14/h2-12H,1H3,(H,27,29)(H,25,26,28). The van der Waals surface area contributed by atoms with Gasteiger partial charge in [0.25, 0.3) is 5.91 Å². The van der Waals surface area contributed by atoms with Crippen LogP contribution in [-0.4, -0.2) is 15.9 Å². The summed E-state index contributed by atoms with van der Waals surface area (Å²) in [6.45, 7) is 1.75. The molecule has 2 N–H and O–H groups in total. The van der Waals surface area contributed by atoms with Gasteiger partial charge >= 0.3 is 6.18 Å². The zero-order valence-corrected chi connectivity index (χ0v) is 15.2. The van der Waals surface area contributed by atoms with Gasteiger partial charge in [0.2, 0.25) is 5.95 Å². The largest absolute Gasteiger partial charge is 0.433 e. The highest BCUT2D eigenvalue weighted by Crippen LogP contribution is 2.28. The van der Waals surface area contributed by atoms with Crippen LogP contribution in [0.2, 0.25) is 0 Å². The number of carbonyl (C=O) groups is 1. The van der Waals surface area contributed by atoms with Gasteiger partial charge in [-0.1, -0.05) is 12.1 Å². The van der Waals surface area contributed by atoms with Gasteiger partial charge in [0.1, 0.15) is 11.5 Å². The van der Waals surface area contributed by atoms with Crippen molar-refractivity contribution >= 4 is 17.5 Å². The molecule has 0 saturated carbocycles. The number of anilines is 2. The van der Waals surface area contributed by atoms with Crippen LogP contribution in [0.3, 0.4) is 0 Å². The number of halogens is 4. The summed E-state index contributed by atoms with van der Waals surface area (Å²) in [5.74, 6) is -0.959. The van der Waals surface area contributed by atoms with Crippen LogP contribution < -0.4 is 10.6 Å². The van der Waals surface area contributed by atoms with Crippen molar-refractivity contribution in [2.45, 2.75) is 19.1 Å². The van der Waals surface area contributed by atoms with Gasteiger partial charge in [-0.3, -0.25) is 4.79 Å². The van der Waals surface area contributed by atoms with E-state index in [9.17, 15) is 22.4 Å². The second-order valence-corrected chi connectivity index (χ2v) is 6.21. The minimum Gasteiger partial charge on any atom is -0.348 e. The Morgan fingerprint density at radius 1 is 1.00 bits per heavy atom. The van der Waals surface area contributed by atoms with Crippen LogP contribution >= 0.6 is 0 Å². The average molecular weight is 404 g/mol. The summed E-state index contributed by atoms with van der Waals surface area (Å²) >= 11 is 0. The Morgan fingerprint density at radius 2 is 1.66 bits per heavy atom. The lowest BCUT2D eigenvalue weighted by atomic mass is 10.1. The van der Waals surface area contributed by atoms with Gasteiger partial charge in [-0.2, -0.15) is 13.2 Å². The molecule has 1 amide bonds. The van der Waals surface area contributed by atoms with Crippen molar-refractivity contribution in [3.63, 3.8) is 0 Å². The first-order valence-electron chi connectivity index (χ1n) is 8.56. The molecule has 0 radical (unpaired) electrons. The minimum absolute atomic E-state index is 0.138. The number of carbonyl (C=O) groups excluding carboxylic acids is 1. The van der Waals surface area contributed by atoms with E-state index in [-0.39, 0.29) is 17.9 Å². The maximum absolute atomic E-state index is 12.9.